The molecular weight excluding hydrogens is 340 g/mol. The van der Waals surface area contributed by atoms with E-state index in [9.17, 15) is 4.79 Å². The summed E-state index contributed by atoms with van der Waals surface area (Å²) in [6, 6.07) is 10.3. The zero-order valence-electron chi connectivity index (χ0n) is 16.1. The van der Waals surface area contributed by atoms with Crippen LogP contribution >= 0.6 is 0 Å². The predicted octanol–water partition coefficient (Wildman–Crippen LogP) is 2.14. The Hall–Kier alpha value is -2.83. The van der Waals surface area contributed by atoms with E-state index in [2.05, 4.69) is 63.2 Å². The highest BCUT2D eigenvalue weighted by Crippen LogP contribution is 2.15. The lowest BCUT2D eigenvalue weighted by Gasteiger charge is -2.34. The van der Waals surface area contributed by atoms with Crippen molar-refractivity contribution in [3.05, 3.63) is 48.3 Å². The third-order valence-corrected chi connectivity index (χ3v) is 4.81. The molecule has 1 aromatic heterocycles. The number of anilines is 2. The minimum atomic E-state index is 0.00363. The molecule has 0 unspecified atom stereocenters. The Balaban J connectivity index is 1.43. The van der Waals surface area contributed by atoms with Gasteiger partial charge in [0.1, 0.15) is 0 Å². The van der Waals surface area contributed by atoms with Gasteiger partial charge >= 0.3 is 6.03 Å². The molecule has 1 fully saturated rings. The molecule has 2 heterocycles. The highest BCUT2D eigenvalue weighted by atomic mass is 16.2. The lowest BCUT2D eigenvalue weighted by molar-refractivity contribution is 0.194. The highest BCUT2D eigenvalue weighted by Gasteiger charge is 2.22. The van der Waals surface area contributed by atoms with Gasteiger partial charge in [-0.15, -0.1) is 0 Å². The minimum absolute atomic E-state index is 0.00363. The number of hydrogen-bond donors (Lipinski definition) is 1. The molecule has 144 valence electrons. The average Bonchev–Trinajstić information content (AvgIpc) is 2.72. The summed E-state index contributed by atoms with van der Waals surface area (Å²) in [5, 5.41) is 3.05. The van der Waals surface area contributed by atoms with Crippen molar-refractivity contribution in [2.75, 3.05) is 55.6 Å². The molecule has 3 rings (SSSR count). The summed E-state index contributed by atoms with van der Waals surface area (Å²) in [5.41, 5.74) is 2.44. The summed E-state index contributed by atoms with van der Waals surface area (Å²) in [6.07, 6.45) is 3.49. The molecule has 1 aliphatic rings. The quantitative estimate of drug-likeness (QED) is 0.846. The Bertz CT molecular complexity index is 730. The number of rotatable bonds is 6. The van der Waals surface area contributed by atoms with E-state index in [-0.39, 0.29) is 6.03 Å². The van der Waals surface area contributed by atoms with Crippen molar-refractivity contribution >= 4 is 17.7 Å². The fourth-order valence-electron chi connectivity index (χ4n) is 3.27. The lowest BCUT2D eigenvalue weighted by Crippen LogP contribution is -2.53. The molecule has 7 nitrogen and oxygen atoms in total. The number of amides is 2. The van der Waals surface area contributed by atoms with Gasteiger partial charge < -0.3 is 20.0 Å². The maximum atomic E-state index is 12.4. The van der Waals surface area contributed by atoms with Crippen molar-refractivity contribution in [2.24, 2.45) is 0 Å². The van der Waals surface area contributed by atoms with Crippen LogP contribution in [0.2, 0.25) is 0 Å². The number of carbonyl (C=O) groups excluding carboxylic acids is 1. The van der Waals surface area contributed by atoms with Gasteiger partial charge in [0.2, 0.25) is 5.95 Å². The normalized spacial score (nSPS) is 14.1. The van der Waals surface area contributed by atoms with Crippen molar-refractivity contribution < 1.29 is 4.79 Å². The third-order valence-electron chi connectivity index (χ3n) is 4.81. The zero-order valence-corrected chi connectivity index (χ0v) is 16.1. The van der Waals surface area contributed by atoms with Crippen LogP contribution in [-0.2, 0) is 0 Å². The maximum absolute atomic E-state index is 12.4. The van der Waals surface area contributed by atoms with Gasteiger partial charge in [0, 0.05) is 63.9 Å². The van der Waals surface area contributed by atoms with Crippen LogP contribution in [0.5, 0.6) is 0 Å². The molecule has 1 aliphatic heterocycles. The molecule has 1 aromatic carbocycles. The van der Waals surface area contributed by atoms with Gasteiger partial charge in [0.25, 0.3) is 0 Å². The van der Waals surface area contributed by atoms with Crippen LogP contribution < -0.4 is 15.1 Å². The van der Waals surface area contributed by atoms with E-state index in [1.807, 2.05) is 11.0 Å². The van der Waals surface area contributed by atoms with Crippen LogP contribution in [0.1, 0.15) is 12.5 Å². The second kappa shape index (κ2) is 9.21. The number of aryl methyl sites for hydroxylation is 1. The molecule has 1 N–H and O–H groups in total. The van der Waals surface area contributed by atoms with Gasteiger partial charge in [-0.25, -0.2) is 14.8 Å². The van der Waals surface area contributed by atoms with E-state index >= 15 is 0 Å². The number of hydrogen-bond acceptors (Lipinski definition) is 5. The van der Waals surface area contributed by atoms with Crippen LogP contribution in [0.25, 0.3) is 0 Å². The smallest absolute Gasteiger partial charge is 0.317 e. The average molecular weight is 368 g/mol. The number of nitrogens with one attached hydrogen (secondary N) is 1. The van der Waals surface area contributed by atoms with Gasteiger partial charge in [0.05, 0.1) is 0 Å². The Labute approximate surface area is 161 Å². The zero-order chi connectivity index (χ0) is 19.1. The number of urea groups is 1. The summed E-state index contributed by atoms with van der Waals surface area (Å²) in [7, 11) is 0. The summed E-state index contributed by atoms with van der Waals surface area (Å²) in [5.74, 6) is 0.731. The number of benzene rings is 1. The molecule has 2 amide bonds. The second-order valence-electron chi connectivity index (χ2n) is 6.67. The molecule has 0 spiro atoms. The first kappa shape index (κ1) is 18.9. The van der Waals surface area contributed by atoms with E-state index < -0.39 is 0 Å². The first-order valence-corrected chi connectivity index (χ1v) is 9.53. The van der Waals surface area contributed by atoms with E-state index in [1.165, 1.54) is 11.3 Å². The largest absolute Gasteiger partial charge is 0.370 e. The van der Waals surface area contributed by atoms with Crippen LogP contribution in [0.15, 0.2) is 42.7 Å². The fraction of sp³-hybridized carbons (Fsp3) is 0.450. The van der Waals surface area contributed by atoms with Crippen LogP contribution in [0.4, 0.5) is 16.4 Å². The molecule has 2 aromatic rings. The van der Waals surface area contributed by atoms with Crippen molar-refractivity contribution in [2.45, 2.75) is 13.8 Å². The Kier molecular flexibility index (Phi) is 6.46. The number of nitrogens with zero attached hydrogens (tertiary/aromatic N) is 5. The first-order chi connectivity index (χ1) is 13.2. The van der Waals surface area contributed by atoms with E-state index in [0.717, 1.165) is 32.1 Å². The van der Waals surface area contributed by atoms with Gasteiger partial charge in [-0.1, -0.05) is 12.1 Å². The molecule has 0 atom stereocenters. The van der Waals surface area contributed by atoms with Crippen molar-refractivity contribution in [1.29, 1.82) is 0 Å². The van der Waals surface area contributed by atoms with E-state index in [0.29, 0.717) is 19.6 Å². The van der Waals surface area contributed by atoms with E-state index in [4.69, 9.17) is 0 Å². The maximum Gasteiger partial charge on any atom is 0.317 e. The van der Waals surface area contributed by atoms with E-state index in [1.54, 1.807) is 12.4 Å². The molecular formula is C20H28N6O. The van der Waals surface area contributed by atoms with Crippen LogP contribution in [-0.4, -0.2) is 66.7 Å². The number of piperazine rings is 1. The molecule has 0 radical (unpaired) electrons. The summed E-state index contributed by atoms with van der Waals surface area (Å²) >= 11 is 0. The van der Waals surface area contributed by atoms with Gasteiger partial charge in [-0.3, -0.25) is 0 Å². The van der Waals surface area contributed by atoms with Crippen LogP contribution in [0.3, 0.4) is 0 Å². The SMILES string of the molecule is CCN(CCNC(=O)N1CCN(c2ncccn2)CC1)c1cccc(C)c1. The lowest BCUT2D eigenvalue weighted by atomic mass is 10.2. The topological polar surface area (TPSA) is 64.6 Å². The van der Waals surface area contributed by atoms with Gasteiger partial charge in [-0.05, 0) is 37.6 Å². The molecule has 1 saturated heterocycles. The predicted molar refractivity (Wildman–Crippen MR) is 108 cm³/mol. The molecule has 7 heteroatoms. The Morgan fingerprint density at radius 2 is 1.89 bits per heavy atom. The number of carbonyl (C=O) groups is 1. The molecule has 27 heavy (non-hydrogen) atoms. The summed E-state index contributed by atoms with van der Waals surface area (Å²) < 4.78 is 0. The Morgan fingerprint density at radius 1 is 1.15 bits per heavy atom. The first-order valence-electron chi connectivity index (χ1n) is 9.53. The van der Waals surface area contributed by atoms with Gasteiger partial charge in [0.15, 0.2) is 0 Å². The second-order valence-corrected chi connectivity index (χ2v) is 6.67. The summed E-state index contributed by atoms with van der Waals surface area (Å²) in [4.78, 5) is 27.3. The van der Waals surface area contributed by atoms with Crippen molar-refractivity contribution in [3.8, 4) is 0 Å². The molecule has 0 saturated carbocycles. The Morgan fingerprint density at radius 3 is 2.56 bits per heavy atom. The summed E-state index contributed by atoms with van der Waals surface area (Å²) in [6.45, 7) is 9.43. The standard InChI is InChI=1S/C20H28N6O/c1-3-24(18-7-4-6-17(2)16-18)11-10-23-20(27)26-14-12-25(13-15-26)19-21-8-5-9-22-19/h4-9,16H,3,10-15H2,1-2H3,(H,23,27). The fourth-order valence-corrected chi connectivity index (χ4v) is 3.27. The highest BCUT2D eigenvalue weighted by molar-refractivity contribution is 5.74. The van der Waals surface area contributed by atoms with Crippen LogP contribution in [0, 0.1) is 6.92 Å². The molecule has 0 bridgehead atoms. The van der Waals surface area contributed by atoms with Gasteiger partial charge in [-0.2, -0.15) is 0 Å². The number of aromatic nitrogens is 2. The monoisotopic (exact) mass is 368 g/mol. The minimum Gasteiger partial charge on any atom is -0.370 e. The number of likely N-dealkylation sites (N-methyl/N-ethyl adjacent to an activating group) is 1. The van der Waals surface area contributed by atoms with Crippen molar-refractivity contribution in [3.63, 3.8) is 0 Å². The third kappa shape index (κ3) is 5.09. The molecule has 0 aliphatic carbocycles. The van der Waals surface area contributed by atoms with Crippen molar-refractivity contribution in [1.82, 2.24) is 20.2 Å².